The lowest BCUT2D eigenvalue weighted by Gasteiger charge is -2.34. The second-order valence-corrected chi connectivity index (χ2v) is 9.05. The Morgan fingerprint density at radius 1 is 1.15 bits per heavy atom. The van der Waals surface area contributed by atoms with E-state index in [4.69, 9.17) is 11.6 Å². The number of piperidine rings is 1. The minimum atomic E-state index is -3.71. The molecule has 5 nitrogen and oxygen atoms in total. The smallest absolute Gasteiger partial charge is 0.243 e. The van der Waals surface area contributed by atoms with E-state index >= 15 is 0 Å². The molecule has 3 rings (SSSR count). The largest absolute Gasteiger partial charge is 0.348 e. The van der Waals surface area contributed by atoms with E-state index in [2.05, 4.69) is 5.32 Å². The zero-order valence-corrected chi connectivity index (χ0v) is 16.7. The third-order valence-corrected chi connectivity index (χ3v) is 6.97. The Labute approximate surface area is 165 Å². The van der Waals surface area contributed by atoms with Crippen molar-refractivity contribution >= 4 is 27.5 Å². The molecule has 0 radical (unpaired) electrons. The van der Waals surface area contributed by atoms with Gasteiger partial charge in [0.25, 0.3) is 0 Å². The summed E-state index contributed by atoms with van der Waals surface area (Å²) in [5, 5.41) is 3.54. The summed E-state index contributed by atoms with van der Waals surface area (Å²) in [6, 6.07) is 14.6. The predicted octanol–water partition coefficient (Wildman–Crippen LogP) is 3.76. The van der Waals surface area contributed by atoms with Crippen molar-refractivity contribution in [3.8, 4) is 0 Å². The van der Waals surface area contributed by atoms with E-state index in [1.807, 2.05) is 19.1 Å². The number of rotatable bonds is 5. The molecule has 0 spiro atoms. The van der Waals surface area contributed by atoms with Crippen LogP contribution >= 0.6 is 11.6 Å². The molecule has 27 heavy (non-hydrogen) atoms. The van der Waals surface area contributed by atoms with Crippen molar-refractivity contribution < 1.29 is 13.2 Å². The molecule has 2 aromatic rings. The summed E-state index contributed by atoms with van der Waals surface area (Å²) in [7, 11) is -3.71. The molecule has 144 valence electrons. The summed E-state index contributed by atoms with van der Waals surface area (Å²) in [6.45, 7) is 2.21. The minimum absolute atomic E-state index is 0.215. The lowest BCUT2D eigenvalue weighted by Crippen LogP contribution is -2.52. The van der Waals surface area contributed by atoms with E-state index in [0.29, 0.717) is 18.0 Å². The zero-order valence-electron chi connectivity index (χ0n) is 15.1. The monoisotopic (exact) mass is 406 g/mol. The van der Waals surface area contributed by atoms with Gasteiger partial charge in [-0.1, -0.05) is 48.4 Å². The molecule has 1 saturated heterocycles. The molecular weight excluding hydrogens is 384 g/mol. The van der Waals surface area contributed by atoms with Crippen LogP contribution in [0.2, 0.25) is 5.02 Å². The molecule has 2 atom stereocenters. The molecule has 1 aliphatic heterocycles. The van der Waals surface area contributed by atoms with Crippen molar-refractivity contribution in [1.29, 1.82) is 0 Å². The first-order chi connectivity index (χ1) is 12.9. The highest BCUT2D eigenvalue weighted by Crippen LogP contribution is 2.26. The Bertz CT molecular complexity index is 902. The number of carbonyl (C=O) groups excluding carboxylic acids is 1. The molecule has 2 unspecified atom stereocenters. The van der Waals surface area contributed by atoms with Gasteiger partial charge in [-0.3, -0.25) is 4.79 Å². The van der Waals surface area contributed by atoms with Crippen molar-refractivity contribution in [2.45, 2.75) is 43.2 Å². The third-order valence-electron chi connectivity index (χ3n) is 4.81. The minimum Gasteiger partial charge on any atom is -0.348 e. The fraction of sp³-hybridized carbons (Fsp3) is 0.350. The molecule has 1 aliphatic rings. The summed E-state index contributed by atoms with van der Waals surface area (Å²) in [5.41, 5.74) is 0.879. The predicted molar refractivity (Wildman–Crippen MR) is 106 cm³/mol. The van der Waals surface area contributed by atoms with Crippen molar-refractivity contribution in [3.63, 3.8) is 0 Å². The number of amides is 1. The SMILES string of the molecule is CC(NC(=O)C1CCCCN1S(=O)(=O)c1ccccc1)c1cccc(Cl)c1. The maximum Gasteiger partial charge on any atom is 0.243 e. The van der Waals surface area contributed by atoms with Gasteiger partial charge in [-0.05, 0) is 49.6 Å². The lowest BCUT2D eigenvalue weighted by molar-refractivity contribution is -0.126. The van der Waals surface area contributed by atoms with Gasteiger partial charge in [0.15, 0.2) is 0 Å². The van der Waals surface area contributed by atoms with Gasteiger partial charge >= 0.3 is 0 Å². The molecule has 1 amide bonds. The number of hydrogen-bond donors (Lipinski definition) is 1. The van der Waals surface area contributed by atoms with Crippen LogP contribution < -0.4 is 5.32 Å². The van der Waals surface area contributed by atoms with E-state index < -0.39 is 16.1 Å². The topological polar surface area (TPSA) is 66.5 Å². The summed E-state index contributed by atoms with van der Waals surface area (Å²) < 4.78 is 27.4. The Hall–Kier alpha value is -1.89. The average Bonchev–Trinajstić information content (AvgIpc) is 2.68. The summed E-state index contributed by atoms with van der Waals surface area (Å²) in [6.07, 6.45) is 2.09. The van der Waals surface area contributed by atoms with Crippen LogP contribution in [0.5, 0.6) is 0 Å². The summed E-state index contributed by atoms with van der Waals surface area (Å²) in [4.78, 5) is 13.1. The zero-order chi connectivity index (χ0) is 19.4. The van der Waals surface area contributed by atoms with Crippen LogP contribution in [0.15, 0.2) is 59.5 Å². The molecule has 1 heterocycles. The number of sulfonamides is 1. The number of carbonyl (C=O) groups is 1. The summed E-state index contributed by atoms with van der Waals surface area (Å²) in [5.74, 6) is -0.276. The lowest BCUT2D eigenvalue weighted by atomic mass is 10.0. The second-order valence-electron chi connectivity index (χ2n) is 6.73. The van der Waals surface area contributed by atoms with E-state index in [-0.39, 0.29) is 16.8 Å². The fourth-order valence-corrected chi connectivity index (χ4v) is 5.23. The normalized spacial score (nSPS) is 19.4. The quantitative estimate of drug-likeness (QED) is 0.822. The number of halogens is 1. The van der Waals surface area contributed by atoms with Crippen LogP contribution in [0, 0.1) is 0 Å². The Morgan fingerprint density at radius 3 is 2.59 bits per heavy atom. The van der Waals surface area contributed by atoms with Crippen LogP contribution in [-0.2, 0) is 14.8 Å². The maximum atomic E-state index is 13.0. The van der Waals surface area contributed by atoms with Gasteiger partial charge in [-0.2, -0.15) is 4.31 Å². The van der Waals surface area contributed by atoms with E-state index in [9.17, 15) is 13.2 Å². The first kappa shape index (κ1) is 19.9. The molecule has 1 N–H and O–H groups in total. The van der Waals surface area contributed by atoms with Crippen LogP contribution in [-0.4, -0.2) is 31.2 Å². The standard InChI is InChI=1S/C20H23ClN2O3S/c1-15(16-8-7-9-17(21)14-16)22-20(24)19-12-5-6-13-23(19)27(25,26)18-10-3-2-4-11-18/h2-4,7-11,14-15,19H,5-6,12-13H2,1H3,(H,22,24). The fourth-order valence-electron chi connectivity index (χ4n) is 3.35. The van der Waals surface area contributed by atoms with Crippen molar-refractivity contribution in [2.24, 2.45) is 0 Å². The molecule has 0 aliphatic carbocycles. The van der Waals surface area contributed by atoms with E-state index in [1.165, 1.54) is 4.31 Å². The highest BCUT2D eigenvalue weighted by Gasteiger charge is 2.37. The first-order valence-corrected chi connectivity index (χ1v) is 10.8. The van der Waals surface area contributed by atoms with Gasteiger partial charge in [0.1, 0.15) is 6.04 Å². The Morgan fingerprint density at radius 2 is 1.89 bits per heavy atom. The highest BCUT2D eigenvalue weighted by molar-refractivity contribution is 7.89. The number of benzene rings is 2. The van der Waals surface area contributed by atoms with Gasteiger partial charge in [0, 0.05) is 11.6 Å². The van der Waals surface area contributed by atoms with E-state index in [1.54, 1.807) is 42.5 Å². The number of hydrogen-bond acceptors (Lipinski definition) is 3. The molecule has 0 bridgehead atoms. The van der Waals surface area contributed by atoms with E-state index in [0.717, 1.165) is 18.4 Å². The molecule has 1 fully saturated rings. The van der Waals surface area contributed by atoms with Gasteiger partial charge in [0.05, 0.1) is 10.9 Å². The Balaban J connectivity index is 1.80. The van der Waals surface area contributed by atoms with Crippen LogP contribution in [0.25, 0.3) is 0 Å². The van der Waals surface area contributed by atoms with Gasteiger partial charge in [-0.15, -0.1) is 0 Å². The Kier molecular flexibility index (Phi) is 6.19. The van der Waals surface area contributed by atoms with Crippen molar-refractivity contribution in [1.82, 2.24) is 9.62 Å². The number of nitrogens with zero attached hydrogens (tertiary/aromatic N) is 1. The van der Waals surface area contributed by atoms with Gasteiger partial charge in [0.2, 0.25) is 15.9 Å². The molecule has 0 aromatic heterocycles. The second kappa shape index (κ2) is 8.42. The molecule has 2 aromatic carbocycles. The molecular formula is C20H23ClN2O3S. The maximum absolute atomic E-state index is 13.0. The van der Waals surface area contributed by atoms with Gasteiger partial charge < -0.3 is 5.32 Å². The van der Waals surface area contributed by atoms with Crippen molar-refractivity contribution in [2.75, 3.05) is 6.54 Å². The molecule has 7 heteroatoms. The summed E-state index contributed by atoms with van der Waals surface area (Å²) >= 11 is 6.02. The third kappa shape index (κ3) is 4.51. The molecule has 0 saturated carbocycles. The van der Waals surface area contributed by atoms with Crippen LogP contribution in [0.3, 0.4) is 0 Å². The van der Waals surface area contributed by atoms with Crippen molar-refractivity contribution in [3.05, 3.63) is 65.2 Å². The highest BCUT2D eigenvalue weighted by atomic mass is 35.5. The van der Waals surface area contributed by atoms with Crippen LogP contribution in [0.4, 0.5) is 0 Å². The first-order valence-electron chi connectivity index (χ1n) is 9.02. The average molecular weight is 407 g/mol. The van der Waals surface area contributed by atoms with Crippen LogP contribution in [0.1, 0.15) is 37.8 Å². The number of nitrogens with one attached hydrogen (secondary N) is 1. The van der Waals surface area contributed by atoms with Gasteiger partial charge in [-0.25, -0.2) is 8.42 Å².